The maximum absolute atomic E-state index is 11.4. The molecule has 0 aliphatic rings. The Labute approximate surface area is 86.6 Å². The van der Waals surface area contributed by atoms with Gasteiger partial charge in [-0.15, -0.1) is 0 Å². The first-order chi connectivity index (χ1) is 6.38. The number of hydrogen-bond donors (Lipinski definition) is 0. The summed E-state index contributed by atoms with van der Waals surface area (Å²) in [6, 6.07) is 0. The highest BCUT2D eigenvalue weighted by Crippen LogP contribution is 2.16. The molecule has 2 heteroatoms. The molecular weight excluding hydrogens is 176 g/mol. The summed E-state index contributed by atoms with van der Waals surface area (Å²) in [6.45, 7) is 9.33. The van der Waals surface area contributed by atoms with E-state index in [9.17, 15) is 4.79 Å². The molecule has 0 aliphatic carbocycles. The largest absolute Gasteiger partial charge is 0.458 e. The lowest BCUT2D eigenvalue weighted by atomic mass is 9.97. The standard InChI is InChI=1S/C12H20O2/c1-6-7-8-9-10(2)14-11(13)12(3,4)5/h6-10H,1-5H3/b7-6+,9-8+. The van der Waals surface area contributed by atoms with Gasteiger partial charge in [0.05, 0.1) is 5.41 Å². The molecule has 0 radical (unpaired) electrons. The van der Waals surface area contributed by atoms with Gasteiger partial charge in [0.15, 0.2) is 0 Å². The van der Waals surface area contributed by atoms with Gasteiger partial charge in [0.25, 0.3) is 0 Å². The Bertz CT molecular complexity index is 231. The monoisotopic (exact) mass is 196 g/mol. The number of allylic oxidation sites excluding steroid dienone is 3. The van der Waals surface area contributed by atoms with Crippen molar-refractivity contribution in [3.8, 4) is 0 Å². The van der Waals surface area contributed by atoms with Gasteiger partial charge < -0.3 is 4.74 Å². The Hall–Kier alpha value is -1.05. The van der Waals surface area contributed by atoms with Crippen LogP contribution in [0.2, 0.25) is 0 Å². The van der Waals surface area contributed by atoms with E-state index in [0.29, 0.717) is 0 Å². The molecule has 2 nitrogen and oxygen atoms in total. The predicted octanol–water partition coefficient (Wildman–Crippen LogP) is 3.10. The average molecular weight is 196 g/mol. The summed E-state index contributed by atoms with van der Waals surface area (Å²) < 4.78 is 5.20. The first-order valence-corrected chi connectivity index (χ1v) is 4.88. The summed E-state index contributed by atoms with van der Waals surface area (Å²) in [5, 5.41) is 0. The van der Waals surface area contributed by atoms with Crippen molar-refractivity contribution in [1.82, 2.24) is 0 Å². The van der Waals surface area contributed by atoms with Gasteiger partial charge in [-0.3, -0.25) is 4.79 Å². The van der Waals surface area contributed by atoms with Crippen molar-refractivity contribution in [2.24, 2.45) is 5.41 Å². The van der Waals surface area contributed by atoms with Crippen LogP contribution in [0.5, 0.6) is 0 Å². The second-order valence-corrected chi connectivity index (χ2v) is 4.27. The highest BCUT2D eigenvalue weighted by molar-refractivity contribution is 5.75. The topological polar surface area (TPSA) is 26.3 Å². The lowest BCUT2D eigenvalue weighted by molar-refractivity contribution is -0.155. The quantitative estimate of drug-likeness (QED) is 0.512. The molecule has 0 rings (SSSR count). The van der Waals surface area contributed by atoms with E-state index in [1.807, 2.05) is 58.9 Å². The van der Waals surface area contributed by atoms with E-state index >= 15 is 0 Å². The molecule has 0 bridgehead atoms. The molecular formula is C12H20O2. The van der Waals surface area contributed by atoms with E-state index in [2.05, 4.69) is 0 Å². The fourth-order valence-corrected chi connectivity index (χ4v) is 0.717. The van der Waals surface area contributed by atoms with Gasteiger partial charge >= 0.3 is 5.97 Å². The molecule has 80 valence electrons. The number of rotatable bonds is 3. The summed E-state index contributed by atoms with van der Waals surface area (Å²) in [4.78, 5) is 11.4. The van der Waals surface area contributed by atoms with Crippen LogP contribution >= 0.6 is 0 Å². The van der Waals surface area contributed by atoms with Crippen molar-refractivity contribution in [3.63, 3.8) is 0 Å². The van der Waals surface area contributed by atoms with Crippen LogP contribution in [0.3, 0.4) is 0 Å². The van der Waals surface area contributed by atoms with Gasteiger partial charge in [-0.1, -0.05) is 18.2 Å². The number of ether oxygens (including phenoxy) is 1. The van der Waals surface area contributed by atoms with Crippen molar-refractivity contribution in [2.75, 3.05) is 0 Å². The molecule has 0 aromatic heterocycles. The van der Waals surface area contributed by atoms with E-state index in [-0.39, 0.29) is 12.1 Å². The van der Waals surface area contributed by atoms with Gasteiger partial charge in [0, 0.05) is 0 Å². The van der Waals surface area contributed by atoms with Crippen LogP contribution < -0.4 is 0 Å². The number of carbonyl (C=O) groups is 1. The highest BCUT2D eigenvalue weighted by Gasteiger charge is 2.23. The lowest BCUT2D eigenvalue weighted by Gasteiger charge is -2.18. The van der Waals surface area contributed by atoms with Gasteiger partial charge in [-0.2, -0.15) is 0 Å². The van der Waals surface area contributed by atoms with Crippen LogP contribution in [0, 0.1) is 5.41 Å². The first kappa shape index (κ1) is 12.9. The van der Waals surface area contributed by atoms with E-state index < -0.39 is 5.41 Å². The summed E-state index contributed by atoms with van der Waals surface area (Å²) in [5.41, 5.74) is -0.428. The molecule has 1 atom stereocenters. The third kappa shape index (κ3) is 5.57. The maximum Gasteiger partial charge on any atom is 0.311 e. The van der Waals surface area contributed by atoms with E-state index in [4.69, 9.17) is 4.74 Å². The van der Waals surface area contributed by atoms with Crippen molar-refractivity contribution in [1.29, 1.82) is 0 Å². The van der Waals surface area contributed by atoms with E-state index in [0.717, 1.165) is 0 Å². The second kappa shape index (κ2) is 5.63. The Morgan fingerprint density at radius 2 is 1.86 bits per heavy atom. The molecule has 0 saturated heterocycles. The Morgan fingerprint density at radius 1 is 1.29 bits per heavy atom. The Balaban J connectivity index is 4.07. The zero-order valence-electron chi connectivity index (χ0n) is 9.70. The molecule has 1 unspecified atom stereocenters. The van der Waals surface area contributed by atoms with Gasteiger partial charge in [-0.05, 0) is 40.7 Å². The Morgan fingerprint density at radius 3 is 2.29 bits per heavy atom. The molecule has 0 aromatic carbocycles. The summed E-state index contributed by atoms with van der Waals surface area (Å²) >= 11 is 0. The summed E-state index contributed by atoms with van der Waals surface area (Å²) in [6.07, 6.45) is 7.39. The van der Waals surface area contributed by atoms with E-state index in [1.54, 1.807) is 0 Å². The molecule has 14 heavy (non-hydrogen) atoms. The summed E-state index contributed by atoms with van der Waals surface area (Å²) in [5.74, 6) is -0.171. The minimum atomic E-state index is -0.428. The molecule has 0 N–H and O–H groups in total. The third-order valence-corrected chi connectivity index (χ3v) is 1.59. The highest BCUT2D eigenvalue weighted by atomic mass is 16.5. The molecule has 0 heterocycles. The summed E-state index contributed by atoms with van der Waals surface area (Å²) in [7, 11) is 0. The van der Waals surface area contributed by atoms with E-state index in [1.165, 1.54) is 0 Å². The van der Waals surface area contributed by atoms with Crippen LogP contribution in [0.1, 0.15) is 34.6 Å². The predicted molar refractivity (Wildman–Crippen MR) is 59.0 cm³/mol. The number of esters is 1. The van der Waals surface area contributed by atoms with Crippen LogP contribution in [0.4, 0.5) is 0 Å². The number of carbonyl (C=O) groups excluding carboxylic acids is 1. The van der Waals surface area contributed by atoms with Crippen molar-refractivity contribution in [3.05, 3.63) is 24.3 Å². The molecule has 0 amide bonds. The molecule has 0 fully saturated rings. The minimum absolute atomic E-state index is 0.169. The zero-order chi connectivity index (χ0) is 11.2. The second-order valence-electron chi connectivity index (χ2n) is 4.27. The minimum Gasteiger partial charge on any atom is -0.458 e. The normalized spacial score (nSPS) is 14.9. The SMILES string of the molecule is C/C=C/C=C/C(C)OC(=O)C(C)(C)C. The third-order valence-electron chi connectivity index (χ3n) is 1.59. The van der Waals surface area contributed by atoms with Crippen LogP contribution in [-0.2, 0) is 9.53 Å². The molecule has 0 aromatic rings. The Kier molecular flexibility index (Phi) is 5.21. The van der Waals surface area contributed by atoms with Crippen LogP contribution in [0.15, 0.2) is 24.3 Å². The fourth-order valence-electron chi connectivity index (χ4n) is 0.717. The molecule has 0 spiro atoms. The van der Waals surface area contributed by atoms with Crippen molar-refractivity contribution < 1.29 is 9.53 Å². The first-order valence-electron chi connectivity index (χ1n) is 4.88. The van der Waals surface area contributed by atoms with Gasteiger partial charge in [-0.25, -0.2) is 0 Å². The van der Waals surface area contributed by atoms with Crippen molar-refractivity contribution >= 4 is 5.97 Å². The van der Waals surface area contributed by atoms with Crippen LogP contribution in [0.25, 0.3) is 0 Å². The van der Waals surface area contributed by atoms with Gasteiger partial charge in [0.1, 0.15) is 6.10 Å². The maximum atomic E-state index is 11.4. The molecule has 0 aliphatic heterocycles. The average Bonchev–Trinajstić information content (AvgIpc) is 2.03. The smallest absolute Gasteiger partial charge is 0.311 e. The van der Waals surface area contributed by atoms with Gasteiger partial charge in [0.2, 0.25) is 0 Å². The number of hydrogen-bond acceptors (Lipinski definition) is 2. The van der Waals surface area contributed by atoms with Crippen LogP contribution in [-0.4, -0.2) is 12.1 Å². The lowest BCUT2D eigenvalue weighted by Crippen LogP contribution is -2.26. The fraction of sp³-hybridized carbons (Fsp3) is 0.583. The van der Waals surface area contributed by atoms with Crippen molar-refractivity contribution in [2.45, 2.75) is 40.7 Å². The molecule has 0 saturated carbocycles. The zero-order valence-corrected chi connectivity index (χ0v) is 9.70.